The number of nitrogens with zero attached hydrogens (tertiary/aromatic N) is 8. The lowest BCUT2D eigenvalue weighted by Gasteiger charge is -2.24. The maximum absolute atomic E-state index is 15.5. The Balaban J connectivity index is 1.23. The van der Waals surface area contributed by atoms with Crippen LogP contribution in [-0.2, 0) is 47.4 Å². The lowest BCUT2D eigenvalue weighted by atomic mass is 10.0. The van der Waals surface area contributed by atoms with Gasteiger partial charge in [0.1, 0.15) is 41.7 Å². The molecule has 0 unspecified atom stereocenters. The minimum Gasteiger partial charge on any atom is -0.468 e. The summed E-state index contributed by atoms with van der Waals surface area (Å²) in [6.07, 6.45) is -0.150. The number of pyridine rings is 1. The molecule has 5 heterocycles. The molecule has 24 heteroatoms. The molecule has 2 aliphatic carbocycles. The summed E-state index contributed by atoms with van der Waals surface area (Å²) in [5, 5.41) is 10.5. The van der Waals surface area contributed by atoms with Gasteiger partial charge in [0.2, 0.25) is 27.7 Å². The maximum Gasteiger partial charge on any atom is 0.293 e. The van der Waals surface area contributed by atoms with E-state index in [1.165, 1.54) is 48.5 Å². The second-order valence-corrected chi connectivity index (χ2v) is 16.9. The van der Waals surface area contributed by atoms with Crippen molar-refractivity contribution in [1.82, 2.24) is 44.4 Å². The Morgan fingerprint density at radius 1 is 1.10 bits per heavy atom. The second-order valence-electron chi connectivity index (χ2n) is 14.8. The van der Waals surface area contributed by atoms with Crippen LogP contribution < -0.4 is 20.3 Å². The molecule has 322 valence electrons. The first-order valence-corrected chi connectivity index (χ1v) is 20.7. The highest BCUT2D eigenvalue weighted by molar-refractivity contribution is 7.92. The Bertz CT molecular complexity index is 3120. The molecule has 1 amide bonds. The number of ether oxygens (including phenoxy) is 1. The highest BCUT2D eigenvalue weighted by Gasteiger charge is 2.67. The molecule has 1 saturated carbocycles. The quantitative estimate of drug-likeness (QED) is 0.129. The van der Waals surface area contributed by atoms with E-state index >= 15 is 8.78 Å². The van der Waals surface area contributed by atoms with Crippen LogP contribution in [0, 0.1) is 17.6 Å². The van der Waals surface area contributed by atoms with Crippen molar-refractivity contribution in [3.8, 4) is 11.6 Å². The van der Waals surface area contributed by atoms with Gasteiger partial charge in [0.25, 0.3) is 17.9 Å². The van der Waals surface area contributed by atoms with Crippen LogP contribution in [0.5, 0.6) is 5.88 Å². The Hall–Kier alpha value is -6.49. The molecule has 0 saturated heterocycles. The molecule has 0 bridgehead atoms. The van der Waals surface area contributed by atoms with E-state index in [2.05, 4.69) is 35.2 Å². The van der Waals surface area contributed by atoms with E-state index in [0.717, 1.165) is 23.0 Å². The number of carbonyl (C=O) groups excluding carboxylic acids is 1. The zero-order chi connectivity index (χ0) is 44.0. The molecule has 0 radical (unpaired) electrons. The number of benzene rings is 2. The number of oxazole rings is 1. The Kier molecular flexibility index (Phi) is 9.80. The molecule has 9 rings (SSSR count). The van der Waals surface area contributed by atoms with E-state index in [0.29, 0.717) is 10.7 Å². The number of halogens is 7. The lowest BCUT2D eigenvalue weighted by molar-refractivity contribution is -0.123. The molecule has 0 spiro atoms. The van der Waals surface area contributed by atoms with Crippen molar-refractivity contribution >= 4 is 55.3 Å². The van der Waals surface area contributed by atoms with Crippen LogP contribution in [0.25, 0.3) is 27.6 Å². The number of aryl methyl sites for hydroxylation is 1. The first kappa shape index (κ1) is 40.9. The third-order valence-electron chi connectivity index (χ3n) is 10.5. The normalized spacial score (nSPS) is 17.1. The molecule has 2 N–H and O–H groups in total. The molecular formula is C38H29ClF6N10O6S. The number of anilines is 1. The van der Waals surface area contributed by atoms with Crippen LogP contribution >= 0.6 is 11.6 Å². The molecule has 1 fully saturated rings. The number of sulfonamides is 1. The van der Waals surface area contributed by atoms with E-state index in [-0.39, 0.29) is 80.2 Å². The molecule has 16 nitrogen and oxygen atoms in total. The van der Waals surface area contributed by atoms with Crippen LogP contribution in [-0.4, -0.2) is 59.7 Å². The fraction of sp³-hybridized carbons (Fsp3) is 0.289. The monoisotopic (exact) mass is 902 g/mol. The van der Waals surface area contributed by atoms with Crippen molar-refractivity contribution in [3.05, 3.63) is 116 Å². The number of rotatable bonds is 13. The molecule has 3 atom stereocenters. The van der Waals surface area contributed by atoms with Crippen LogP contribution in [0.3, 0.4) is 0 Å². The average molecular weight is 903 g/mol. The van der Waals surface area contributed by atoms with Crippen molar-refractivity contribution in [2.24, 2.45) is 13.0 Å². The maximum atomic E-state index is 15.5. The summed E-state index contributed by atoms with van der Waals surface area (Å²) in [7, 11) is -2.50. The summed E-state index contributed by atoms with van der Waals surface area (Å²) in [6, 6.07) is 6.34. The van der Waals surface area contributed by atoms with Gasteiger partial charge in [-0.3, -0.25) is 28.2 Å². The van der Waals surface area contributed by atoms with E-state index in [1.54, 1.807) is 0 Å². The number of alkyl halides is 4. The molecular weight excluding hydrogens is 874 g/mol. The minimum atomic E-state index is -3.93. The lowest BCUT2D eigenvalue weighted by Crippen LogP contribution is -2.38. The van der Waals surface area contributed by atoms with Crippen LogP contribution in [0.15, 0.2) is 64.1 Å². The summed E-state index contributed by atoms with van der Waals surface area (Å²) < 4.78 is 129. The summed E-state index contributed by atoms with van der Waals surface area (Å²) >= 11 is 6.60. The van der Waals surface area contributed by atoms with E-state index < -0.39 is 87.7 Å². The van der Waals surface area contributed by atoms with Gasteiger partial charge in [-0.25, -0.2) is 35.9 Å². The smallest absolute Gasteiger partial charge is 0.293 e. The highest BCUT2D eigenvalue weighted by atomic mass is 35.5. The van der Waals surface area contributed by atoms with Crippen LogP contribution in [0.4, 0.5) is 32.2 Å². The number of aromatic nitrogens is 8. The third-order valence-corrected chi connectivity index (χ3v) is 11.3. The summed E-state index contributed by atoms with van der Waals surface area (Å²) in [5.41, 5.74) is -3.11. The highest BCUT2D eigenvalue weighted by Crippen LogP contribution is 2.68. The third kappa shape index (κ3) is 7.26. The number of amides is 1. The van der Waals surface area contributed by atoms with Gasteiger partial charge in [-0.05, 0) is 48.2 Å². The SMILES string of the molecule is Cn1nc(NS(C)(=O)=O)c2c(Cl)ccc(-n3c([C@H](Cc4cc(F)cc(F)c4)NC(=O)Cn4nc(C(F)F)c5c4C(F)(F)[C@@H]4C[C@H]54)nc4nc(OCc5ncco5)ccc4c3=O)c21. The fourth-order valence-corrected chi connectivity index (χ4v) is 8.72. The molecule has 2 aliphatic rings. The number of nitrogens with one attached hydrogen (secondary N) is 2. The van der Waals surface area contributed by atoms with Crippen molar-refractivity contribution < 1.29 is 48.7 Å². The van der Waals surface area contributed by atoms with Crippen LogP contribution in [0.1, 0.15) is 59.0 Å². The van der Waals surface area contributed by atoms with Crippen LogP contribution in [0.2, 0.25) is 5.02 Å². The zero-order valence-electron chi connectivity index (χ0n) is 31.9. The predicted octanol–water partition coefficient (Wildman–Crippen LogP) is 5.98. The first-order chi connectivity index (χ1) is 29.4. The van der Waals surface area contributed by atoms with E-state index in [9.17, 15) is 35.6 Å². The number of hydrogen-bond donors (Lipinski definition) is 2. The summed E-state index contributed by atoms with van der Waals surface area (Å²) in [6.45, 7) is -1.20. The first-order valence-electron chi connectivity index (χ1n) is 18.5. The number of hydrogen-bond acceptors (Lipinski definition) is 11. The zero-order valence-corrected chi connectivity index (χ0v) is 33.5. The van der Waals surface area contributed by atoms with Gasteiger partial charge in [-0.15, -0.1) is 0 Å². The van der Waals surface area contributed by atoms with Crippen molar-refractivity contribution in [3.63, 3.8) is 0 Å². The predicted molar refractivity (Wildman–Crippen MR) is 207 cm³/mol. The Morgan fingerprint density at radius 3 is 2.55 bits per heavy atom. The van der Waals surface area contributed by atoms with Gasteiger partial charge in [0.05, 0.1) is 45.5 Å². The molecule has 7 aromatic rings. The standard InChI is InChI=1S/C38H29ClF6N10O6S/c1-53-31-24(5-4-22(39)29(31)35(51-53)52-62(2,58)59)55-36(49-34-19(37(55)57)3-6-26(48-34)61-15-27-46-7-8-60-27)23(11-16-9-17(40)12-18(41)10-16)47-25(56)14-54-32-28(30(50-54)33(42)43)20-13-21(20)38(32,44)45/h3-10,12,20-21,23,33H,11,13-15H2,1-2H3,(H,47,56)(H,51,52)/t20-,21+,23-/m0/s1. The topological polar surface area (TPSA) is 194 Å². The molecule has 0 aliphatic heterocycles. The van der Waals surface area contributed by atoms with Crippen molar-refractivity contribution in [2.75, 3.05) is 11.0 Å². The average Bonchev–Trinajstić information content (AvgIpc) is 3.41. The molecule has 5 aromatic heterocycles. The largest absolute Gasteiger partial charge is 0.468 e. The van der Waals surface area contributed by atoms with Gasteiger partial charge < -0.3 is 14.5 Å². The number of fused-ring (bicyclic) bond motifs is 5. The second kappa shape index (κ2) is 14.9. The fourth-order valence-electron chi connectivity index (χ4n) is 7.98. The molecule has 62 heavy (non-hydrogen) atoms. The van der Waals surface area contributed by atoms with Gasteiger partial charge >= 0.3 is 0 Å². The number of carbonyl (C=O) groups is 1. The Morgan fingerprint density at radius 2 is 1.85 bits per heavy atom. The minimum absolute atomic E-state index is 0.00491. The van der Waals surface area contributed by atoms with Gasteiger partial charge in [0, 0.05) is 37.1 Å². The van der Waals surface area contributed by atoms with Crippen molar-refractivity contribution in [1.29, 1.82) is 0 Å². The van der Waals surface area contributed by atoms with E-state index in [1.807, 2.05) is 0 Å². The molecule has 2 aromatic carbocycles. The summed E-state index contributed by atoms with van der Waals surface area (Å²) in [5.74, 6) is -9.16. The van der Waals surface area contributed by atoms with Gasteiger partial charge in [-0.2, -0.15) is 24.0 Å². The van der Waals surface area contributed by atoms with Gasteiger partial charge in [-0.1, -0.05) is 11.6 Å². The van der Waals surface area contributed by atoms with Gasteiger partial charge in [0.15, 0.2) is 18.1 Å². The van der Waals surface area contributed by atoms with Crippen molar-refractivity contribution in [2.45, 2.75) is 50.3 Å². The summed E-state index contributed by atoms with van der Waals surface area (Å²) in [4.78, 5) is 42.0. The van der Waals surface area contributed by atoms with E-state index in [4.69, 9.17) is 20.8 Å². The Labute approximate surface area is 349 Å².